The Morgan fingerprint density at radius 2 is 2.22 bits per heavy atom. The minimum Gasteiger partial charge on any atom is -0.344 e. The minimum absolute atomic E-state index is 0.139. The zero-order chi connectivity index (χ0) is 13.3. The minimum atomic E-state index is -0.662. The predicted molar refractivity (Wildman–Crippen MR) is 67.0 cm³/mol. The number of nitrogens with one attached hydrogen (secondary N) is 1. The van der Waals surface area contributed by atoms with E-state index in [9.17, 15) is 4.79 Å². The van der Waals surface area contributed by atoms with Crippen molar-refractivity contribution in [3.63, 3.8) is 0 Å². The van der Waals surface area contributed by atoms with Gasteiger partial charge in [0.2, 0.25) is 5.91 Å². The van der Waals surface area contributed by atoms with Gasteiger partial charge in [0.25, 0.3) is 5.89 Å². The first-order valence-corrected chi connectivity index (χ1v) is 6.28. The van der Waals surface area contributed by atoms with Gasteiger partial charge in [0, 0.05) is 12.3 Å². The molecule has 0 atom stereocenters. The fraction of sp³-hybridized carbons (Fsp3) is 0.455. The van der Waals surface area contributed by atoms with Gasteiger partial charge in [-0.2, -0.15) is 9.36 Å². The van der Waals surface area contributed by atoms with E-state index in [1.807, 2.05) is 26.2 Å². The van der Waals surface area contributed by atoms with E-state index in [1.54, 1.807) is 0 Å². The fourth-order valence-corrected chi connectivity index (χ4v) is 2.27. The Bertz CT molecular complexity index is 573. The molecule has 0 unspecified atom stereocenters. The summed E-state index contributed by atoms with van der Waals surface area (Å²) in [7, 11) is 0. The number of nitrogens with zero attached hydrogens (tertiary/aromatic N) is 3. The Labute approximate surface area is 109 Å². The largest absolute Gasteiger partial charge is 0.344 e. The van der Waals surface area contributed by atoms with Crippen molar-refractivity contribution in [1.29, 1.82) is 0 Å². The second-order valence-electron chi connectivity index (χ2n) is 4.54. The molecule has 0 aromatic carbocycles. The Morgan fingerprint density at radius 1 is 1.50 bits per heavy atom. The van der Waals surface area contributed by atoms with Gasteiger partial charge in [-0.05, 0) is 32.3 Å². The van der Waals surface area contributed by atoms with Crippen molar-refractivity contribution < 1.29 is 9.32 Å². The average Bonchev–Trinajstić information content (AvgIpc) is 2.83. The van der Waals surface area contributed by atoms with Crippen LogP contribution in [0.3, 0.4) is 0 Å². The maximum Gasteiger partial charge on any atom is 0.260 e. The van der Waals surface area contributed by atoms with Crippen LogP contribution in [-0.2, 0) is 10.3 Å². The lowest BCUT2D eigenvalue weighted by atomic mass is 10.1. The van der Waals surface area contributed by atoms with Crippen molar-refractivity contribution in [2.75, 3.05) is 0 Å². The smallest absolute Gasteiger partial charge is 0.260 e. The Balaban J connectivity index is 2.31. The summed E-state index contributed by atoms with van der Waals surface area (Å²) in [5.41, 5.74) is 1.02. The highest BCUT2D eigenvalue weighted by Crippen LogP contribution is 2.25. The van der Waals surface area contributed by atoms with Gasteiger partial charge < -0.3 is 9.84 Å². The fourth-order valence-electron chi connectivity index (χ4n) is 1.58. The van der Waals surface area contributed by atoms with E-state index in [0.29, 0.717) is 11.7 Å². The zero-order valence-electron chi connectivity index (χ0n) is 10.6. The van der Waals surface area contributed by atoms with Crippen LogP contribution in [0, 0.1) is 6.92 Å². The van der Waals surface area contributed by atoms with Crippen molar-refractivity contribution in [3.8, 4) is 11.5 Å². The summed E-state index contributed by atoms with van der Waals surface area (Å²) >= 11 is 1.34. The van der Waals surface area contributed by atoms with Crippen molar-refractivity contribution >= 4 is 17.4 Å². The quantitative estimate of drug-likeness (QED) is 0.917. The molecule has 0 radical (unpaired) electrons. The monoisotopic (exact) mass is 266 g/mol. The zero-order valence-corrected chi connectivity index (χ0v) is 11.5. The van der Waals surface area contributed by atoms with Gasteiger partial charge in [-0.1, -0.05) is 5.16 Å². The van der Waals surface area contributed by atoms with E-state index < -0.39 is 5.54 Å². The Kier molecular flexibility index (Phi) is 3.16. The number of aryl methyl sites for hydroxylation is 1. The van der Waals surface area contributed by atoms with Crippen LogP contribution in [0.5, 0.6) is 0 Å². The molecular weight excluding hydrogens is 252 g/mol. The summed E-state index contributed by atoms with van der Waals surface area (Å²) in [6.45, 7) is 6.98. The second-order valence-corrected chi connectivity index (χ2v) is 5.17. The van der Waals surface area contributed by atoms with Crippen LogP contribution >= 0.6 is 11.5 Å². The molecule has 0 spiro atoms. The van der Waals surface area contributed by atoms with Crippen LogP contribution in [0.15, 0.2) is 9.90 Å². The standard InChI is InChI=1S/C11H14N4O2S/c1-6-8(5-18-15-6)9-12-10(14-17-9)11(3,4)13-7(2)16/h5H,1-4H3,(H,13,16). The van der Waals surface area contributed by atoms with Crippen molar-refractivity contribution in [1.82, 2.24) is 19.8 Å². The molecule has 1 N–H and O–H groups in total. The molecule has 96 valence electrons. The van der Waals surface area contributed by atoms with Crippen LogP contribution in [0.2, 0.25) is 0 Å². The summed E-state index contributed by atoms with van der Waals surface area (Å²) in [6, 6.07) is 0. The molecule has 1 amide bonds. The molecule has 0 fully saturated rings. The molecule has 2 aromatic rings. The molecule has 6 nitrogen and oxygen atoms in total. The third kappa shape index (κ3) is 2.40. The number of aromatic nitrogens is 3. The van der Waals surface area contributed by atoms with Crippen molar-refractivity contribution in [3.05, 3.63) is 16.9 Å². The molecule has 2 rings (SSSR count). The molecule has 7 heteroatoms. The van der Waals surface area contributed by atoms with Crippen molar-refractivity contribution in [2.24, 2.45) is 0 Å². The molecule has 2 aromatic heterocycles. The maximum absolute atomic E-state index is 11.1. The first-order valence-electron chi connectivity index (χ1n) is 5.44. The number of rotatable bonds is 3. The molecule has 0 aliphatic rings. The Hall–Kier alpha value is -1.76. The highest BCUT2D eigenvalue weighted by Gasteiger charge is 2.28. The van der Waals surface area contributed by atoms with Gasteiger partial charge in [0.15, 0.2) is 5.82 Å². The number of amides is 1. The predicted octanol–water partition coefficient (Wildman–Crippen LogP) is 1.87. The van der Waals surface area contributed by atoms with Gasteiger partial charge in [0.1, 0.15) is 0 Å². The molecule has 0 saturated heterocycles. The summed E-state index contributed by atoms with van der Waals surface area (Å²) < 4.78 is 9.37. The van der Waals surface area contributed by atoms with Crippen molar-refractivity contribution in [2.45, 2.75) is 33.2 Å². The molecule has 0 aliphatic heterocycles. The summed E-state index contributed by atoms with van der Waals surface area (Å²) in [6.07, 6.45) is 0. The lowest BCUT2D eigenvalue weighted by Gasteiger charge is -2.20. The maximum atomic E-state index is 11.1. The topological polar surface area (TPSA) is 80.9 Å². The molecular formula is C11H14N4O2S. The van der Waals surface area contributed by atoms with Crippen LogP contribution in [0.1, 0.15) is 32.3 Å². The molecule has 0 aliphatic carbocycles. The SMILES string of the molecule is CC(=O)NC(C)(C)c1noc(-c2csnc2C)n1. The molecule has 18 heavy (non-hydrogen) atoms. The third-order valence-electron chi connectivity index (χ3n) is 2.45. The van der Waals surface area contributed by atoms with E-state index in [4.69, 9.17) is 4.52 Å². The molecule has 0 bridgehead atoms. The average molecular weight is 266 g/mol. The first-order chi connectivity index (χ1) is 8.40. The van der Waals surface area contributed by atoms with E-state index >= 15 is 0 Å². The Morgan fingerprint density at radius 3 is 2.78 bits per heavy atom. The molecule has 2 heterocycles. The number of carbonyl (C=O) groups is 1. The highest BCUT2D eigenvalue weighted by atomic mass is 32.1. The van der Waals surface area contributed by atoms with Crippen LogP contribution in [-0.4, -0.2) is 20.4 Å². The van der Waals surface area contributed by atoms with Gasteiger partial charge in [-0.3, -0.25) is 4.79 Å². The van der Waals surface area contributed by atoms with E-state index in [1.165, 1.54) is 18.5 Å². The lowest BCUT2D eigenvalue weighted by Crippen LogP contribution is -2.40. The van der Waals surface area contributed by atoms with Gasteiger partial charge >= 0.3 is 0 Å². The lowest BCUT2D eigenvalue weighted by molar-refractivity contribution is -0.120. The number of carbonyl (C=O) groups excluding carboxylic acids is 1. The van der Waals surface area contributed by atoms with E-state index in [0.717, 1.165) is 11.3 Å². The number of hydrogen-bond donors (Lipinski definition) is 1. The van der Waals surface area contributed by atoms with Gasteiger partial charge in [-0.25, -0.2) is 0 Å². The first kappa shape index (κ1) is 12.7. The third-order valence-corrected chi connectivity index (χ3v) is 3.17. The summed E-state index contributed by atoms with van der Waals surface area (Å²) in [5, 5.41) is 8.54. The normalized spacial score (nSPS) is 11.6. The summed E-state index contributed by atoms with van der Waals surface area (Å²) in [5.74, 6) is 0.729. The molecule has 0 saturated carbocycles. The van der Waals surface area contributed by atoms with E-state index in [-0.39, 0.29) is 5.91 Å². The number of hydrogen-bond acceptors (Lipinski definition) is 6. The van der Waals surface area contributed by atoms with Crippen LogP contribution in [0.4, 0.5) is 0 Å². The van der Waals surface area contributed by atoms with Crippen LogP contribution < -0.4 is 5.32 Å². The highest BCUT2D eigenvalue weighted by molar-refractivity contribution is 7.04. The second kappa shape index (κ2) is 4.49. The van der Waals surface area contributed by atoms with Crippen LogP contribution in [0.25, 0.3) is 11.5 Å². The van der Waals surface area contributed by atoms with Gasteiger partial charge in [-0.15, -0.1) is 0 Å². The summed E-state index contributed by atoms with van der Waals surface area (Å²) in [4.78, 5) is 15.4. The van der Waals surface area contributed by atoms with E-state index in [2.05, 4.69) is 19.8 Å². The van der Waals surface area contributed by atoms with Gasteiger partial charge in [0.05, 0.1) is 16.8 Å².